The molecule has 0 amide bonds. The topological polar surface area (TPSA) is 72.3 Å². The number of carbonyl (C=O) groups excluding carboxylic acids is 1. The van der Waals surface area contributed by atoms with Crippen LogP contribution in [0.4, 0.5) is 29.2 Å². The number of ketones is 1. The number of aryl methyl sites for hydroxylation is 1. The maximum Gasteiger partial charge on any atom is 0.419 e. The van der Waals surface area contributed by atoms with Crippen LogP contribution in [0, 0.1) is 11.7 Å². The van der Waals surface area contributed by atoms with Gasteiger partial charge in [-0.15, -0.1) is 0 Å². The van der Waals surface area contributed by atoms with Crippen LogP contribution in [0.1, 0.15) is 24.1 Å². The summed E-state index contributed by atoms with van der Waals surface area (Å²) >= 11 is 0. The van der Waals surface area contributed by atoms with Crippen molar-refractivity contribution in [1.29, 1.82) is 0 Å². The zero-order valence-electron chi connectivity index (χ0n) is 21.4. The zero-order chi connectivity index (χ0) is 27.7. The molecule has 0 unspecified atom stereocenters. The van der Waals surface area contributed by atoms with Gasteiger partial charge in [0.2, 0.25) is 5.95 Å². The predicted octanol–water partition coefficient (Wildman–Crippen LogP) is 6.12. The number of Topliss-reactive ketones (excluding diaryl/α,β-unsaturated/α-hetero) is 1. The average Bonchev–Trinajstić information content (AvgIpc) is 3.19. The number of hydrogen-bond donors (Lipinski definition) is 1. The highest BCUT2D eigenvalue weighted by Crippen LogP contribution is 2.34. The van der Waals surface area contributed by atoms with Crippen LogP contribution >= 0.6 is 0 Å². The molecular formula is C28H27F4N5O2. The average molecular weight is 542 g/mol. The summed E-state index contributed by atoms with van der Waals surface area (Å²) in [5, 5.41) is 2.83. The Labute approximate surface area is 222 Å². The number of piperidine rings is 1. The molecule has 1 N–H and O–H groups in total. The fourth-order valence-electron chi connectivity index (χ4n) is 4.71. The van der Waals surface area contributed by atoms with Crippen LogP contribution in [-0.2, 0) is 24.4 Å². The highest BCUT2D eigenvalue weighted by atomic mass is 19.4. The molecule has 3 heterocycles. The Morgan fingerprint density at radius 1 is 1.05 bits per heavy atom. The minimum Gasteiger partial charge on any atom is -0.457 e. The van der Waals surface area contributed by atoms with Crippen molar-refractivity contribution in [3.8, 4) is 11.5 Å². The van der Waals surface area contributed by atoms with Crippen LogP contribution in [0.3, 0.4) is 0 Å². The van der Waals surface area contributed by atoms with Gasteiger partial charge in [-0.2, -0.15) is 13.2 Å². The van der Waals surface area contributed by atoms with E-state index in [4.69, 9.17) is 4.74 Å². The minimum absolute atomic E-state index is 0.0527. The van der Waals surface area contributed by atoms with Gasteiger partial charge in [0, 0.05) is 43.4 Å². The van der Waals surface area contributed by atoms with E-state index in [1.807, 2.05) is 0 Å². The Hall–Kier alpha value is -3.99. The largest absolute Gasteiger partial charge is 0.457 e. The summed E-state index contributed by atoms with van der Waals surface area (Å²) in [5.74, 6) is 0.191. The van der Waals surface area contributed by atoms with Crippen molar-refractivity contribution in [1.82, 2.24) is 19.4 Å². The number of anilines is 2. The number of halogens is 4. The van der Waals surface area contributed by atoms with Crippen LogP contribution < -0.4 is 10.1 Å². The molecule has 5 rings (SSSR count). The third-order valence-electron chi connectivity index (χ3n) is 6.93. The molecule has 11 heteroatoms. The summed E-state index contributed by atoms with van der Waals surface area (Å²) in [5.41, 5.74) is 0.591. The number of pyridine rings is 1. The summed E-state index contributed by atoms with van der Waals surface area (Å²) in [4.78, 5) is 23.8. The first-order valence-corrected chi connectivity index (χ1v) is 12.5. The first-order valence-electron chi connectivity index (χ1n) is 12.5. The first-order chi connectivity index (χ1) is 18.6. The molecule has 1 aliphatic rings. The Kier molecular flexibility index (Phi) is 7.26. The van der Waals surface area contributed by atoms with Gasteiger partial charge in [0.15, 0.2) is 0 Å². The van der Waals surface area contributed by atoms with E-state index in [0.29, 0.717) is 34.3 Å². The number of nitrogens with zero attached hydrogens (tertiary/aromatic N) is 4. The number of benzene rings is 2. The molecule has 2 aromatic carbocycles. The smallest absolute Gasteiger partial charge is 0.419 e. The van der Waals surface area contributed by atoms with E-state index < -0.39 is 17.6 Å². The molecule has 0 saturated carbocycles. The van der Waals surface area contributed by atoms with E-state index in [-0.39, 0.29) is 29.8 Å². The predicted molar refractivity (Wildman–Crippen MR) is 139 cm³/mol. The summed E-state index contributed by atoms with van der Waals surface area (Å²) in [7, 11) is 3.77. The maximum atomic E-state index is 13.7. The number of likely N-dealkylation sites (tertiary alicyclic amines) is 1. The van der Waals surface area contributed by atoms with Gasteiger partial charge in [-0.25, -0.2) is 9.37 Å². The molecule has 1 aliphatic heterocycles. The molecular weight excluding hydrogens is 514 g/mol. The Morgan fingerprint density at radius 2 is 1.79 bits per heavy atom. The van der Waals surface area contributed by atoms with Crippen molar-refractivity contribution in [2.75, 3.05) is 25.5 Å². The Morgan fingerprint density at radius 3 is 2.54 bits per heavy atom. The third-order valence-corrected chi connectivity index (χ3v) is 6.93. The van der Waals surface area contributed by atoms with Crippen LogP contribution in [0.5, 0.6) is 11.5 Å². The molecule has 1 saturated heterocycles. The molecule has 4 aromatic rings. The van der Waals surface area contributed by atoms with Crippen molar-refractivity contribution in [3.63, 3.8) is 0 Å². The molecule has 39 heavy (non-hydrogen) atoms. The van der Waals surface area contributed by atoms with E-state index in [9.17, 15) is 22.4 Å². The number of nitrogens with one attached hydrogen (secondary N) is 1. The third kappa shape index (κ3) is 6.03. The first kappa shape index (κ1) is 26.6. The highest BCUT2D eigenvalue weighted by molar-refractivity contribution is 5.83. The number of aromatic nitrogens is 3. The number of rotatable bonds is 7. The Balaban J connectivity index is 1.30. The second kappa shape index (κ2) is 10.6. The SMILES string of the molecule is CN1CCC(C(=O)Cc2cc(Oc3ccc4c(c3)nc(Nc3ccc(F)c(C(F)(F)F)c3)n4C)ccn2)CC1. The Bertz CT molecular complexity index is 1510. The molecule has 204 valence electrons. The second-order valence-electron chi connectivity index (χ2n) is 9.77. The maximum absolute atomic E-state index is 13.7. The molecule has 0 aliphatic carbocycles. The molecule has 2 aromatic heterocycles. The number of carbonyl (C=O) groups is 1. The van der Waals surface area contributed by atoms with E-state index in [1.165, 1.54) is 6.07 Å². The fourth-order valence-corrected chi connectivity index (χ4v) is 4.71. The van der Waals surface area contributed by atoms with Gasteiger partial charge in [-0.1, -0.05) is 0 Å². The van der Waals surface area contributed by atoms with E-state index in [2.05, 4.69) is 27.2 Å². The number of fused-ring (bicyclic) bond motifs is 1. The summed E-state index contributed by atoms with van der Waals surface area (Å²) in [6.07, 6.45) is -1.24. The molecule has 0 bridgehead atoms. The van der Waals surface area contributed by atoms with Crippen LogP contribution in [0.25, 0.3) is 11.0 Å². The van der Waals surface area contributed by atoms with Gasteiger partial charge in [0.25, 0.3) is 0 Å². The van der Waals surface area contributed by atoms with Crippen molar-refractivity contribution < 1.29 is 27.1 Å². The van der Waals surface area contributed by atoms with Crippen molar-refractivity contribution >= 4 is 28.5 Å². The van der Waals surface area contributed by atoms with Gasteiger partial charge in [-0.05, 0) is 69.4 Å². The standard InChI is InChI=1S/C28H27F4N5O2/c1-36-11-8-17(9-12-36)26(38)15-19-13-21(7-10-33-19)39-20-4-6-25-24(16-20)35-27(37(25)2)34-18-3-5-23(29)22(14-18)28(30,31)32/h3-7,10,13-14,16-17H,8-9,11-12,15H2,1-2H3,(H,34,35). The van der Waals surface area contributed by atoms with Gasteiger partial charge < -0.3 is 19.5 Å². The molecule has 0 atom stereocenters. The van der Waals surface area contributed by atoms with Gasteiger partial charge in [0.05, 0.1) is 22.3 Å². The van der Waals surface area contributed by atoms with Crippen LogP contribution in [-0.4, -0.2) is 45.4 Å². The monoisotopic (exact) mass is 541 g/mol. The lowest BCUT2D eigenvalue weighted by molar-refractivity contribution is -0.140. The highest BCUT2D eigenvalue weighted by Gasteiger charge is 2.34. The van der Waals surface area contributed by atoms with Gasteiger partial charge in [-0.3, -0.25) is 9.78 Å². The van der Waals surface area contributed by atoms with Crippen molar-refractivity contribution in [2.45, 2.75) is 25.4 Å². The summed E-state index contributed by atoms with van der Waals surface area (Å²) in [6.45, 7) is 1.83. The summed E-state index contributed by atoms with van der Waals surface area (Å²) in [6, 6.07) is 11.4. The van der Waals surface area contributed by atoms with E-state index >= 15 is 0 Å². The van der Waals surface area contributed by atoms with E-state index in [0.717, 1.165) is 32.0 Å². The molecule has 0 spiro atoms. The number of hydrogen-bond acceptors (Lipinski definition) is 6. The van der Waals surface area contributed by atoms with Crippen molar-refractivity contribution in [2.24, 2.45) is 13.0 Å². The quantitative estimate of drug-likeness (QED) is 0.285. The number of ether oxygens (including phenoxy) is 1. The summed E-state index contributed by atoms with van der Waals surface area (Å²) < 4.78 is 60.6. The number of alkyl halides is 3. The fraction of sp³-hybridized carbons (Fsp3) is 0.321. The second-order valence-corrected chi connectivity index (χ2v) is 9.77. The molecule has 7 nitrogen and oxygen atoms in total. The zero-order valence-corrected chi connectivity index (χ0v) is 21.4. The van der Waals surface area contributed by atoms with Crippen LogP contribution in [0.15, 0.2) is 54.7 Å². The normalized spacial score (nSPS) is 15.0. The molecule has 0 radical (unpaired) electrons. The lowest BCUT2D eigenvalue weighted by Gasteiger charge is -2.27. The van der Waals surface area contributed by atoms with Crippen LogP contribution in [0.2, 0.25) is 0 Å². The lowest BCUT2D eigenvalue weighted by Crippen LogP contribution is -2.34. The van der Waals surface area contributed by atoms with Crippen molar-refractivity contribution in [3.05, 3.63) is 71.8 Å². The van der Waals surface area contributed by atoms with Gasteiger partial charge in [0.1, 0.15) is 23.1 Å². The minimum atomic E-state index is -4.81. The van der Waals surface area contributed by atoms with E-state index in [1.54, 1.807) is 48.1 Å². The van der Waals surface area contributed by atoms with Gasteiger partial charge >= 0.3 is 6.18 Å². The molecule has 1 fully saturated rings. The lowest BCUT2D eigenvalue weighted by atomic mass is 9.90. The number of imidazole rings is 1.